The van der Waals surface area contributed by atoms with Crippen LogP contribution in [0.3, 0.4) is 0 Å². The van der Waals surface area contributed by atoms with Crippen molar-refractivity contribution < 1.29 is 18.7 Å². The second-order valence-corrected chi connectivity index (χ2v) is 10.1. The van der Waals surface area contributed by atoms with E-state index in [0.29, 0.717) is 24.3 Å². The quantitative estimate of drug-likeness (QED) is 0.144. The molecule has 1 amide bonds. The summed E-state index contributed by atoms with van der Waals surface area (Å²) in [5.74, 6) is -0.185. The molecule has 2 aliphatic carbocycles. The van der Waals surface area contributed by atoms with Crippen LogP contribution >= 0.6 is 0 Å². The van der Waals surface area contributed by atoms with E-state index in [-0.39, 0.29) is 35.9 Å². The highest BCUT2D eigenvalue weighted by Gasteiger charge is 2.49. The van der Waals surface area contributed by atoms with Crippen molar-refractivity contribution in [1.82, 2.24) is 0 Å². The summed E-state index contributed by atoms with van der Waals surface area (Å²) >= 11 is 0. The lowest BCUT2D eigenvalue weighted by atomic mass is 9.78. The zero-order valence-corrected chi connectivity index (χ0v) is 21.9. The number of β-lactam (4-membered cyclic amide) rings is 1. The number of anilines is 1. The zero-order chi connectivity index (χ0) is 27.5. The van der Waals surface area contributed by atoms with Gasteiger partial charge in [-0.1, -0.05) is 78.9 Å². The summed E-state index contributed by atoms with van der Waals surface area (Å²) in [4.78, 5) is 28.4. The Bertz CT molecular complexity index is 1580. The highest BCUT2D eigenvalue weighted by molar-refractivity contribution is 6.05. The summed E-state index contributed by atoms with van der Waals surface area (Å²) < 4.78 is 19.6. The molecule has 5 heteroatoms. The van der Waals surface area contributed by atoms with Gasteiger partial charge in [0.25, 0.3) is 0 Å². The molecule has 0 saturated carbocycles. The Balaban J connectivity index is 1.31. The van der Waals surface area contributed by atoms with Crippen molar-refractivity contribution in [3.8, 4) is 16.9 Å². The Kier molecular flexibility index (Phi) is 7.11. The van der Waals surface area contributed by atoms with Crippen LogP contribution in [-0.4, -0.2) is 11.7 Å². The van der Waals surface area contributed by atoms with Gasteiger partial charge in [0.2, 0.25) is 5.91 Å². The normalized spacial score (nSPS) is 16.5. The molecule has 3 aliphatic rings. The van der Waals surface area contributed by atoms with Crippen LogP contribution < -0.4 is 9.64 Å². The minimum Gasteiger partial charge on any atom is -0.489 e. The Morgan fingerprint density at radius 3 is 2.10 bits per heavy atom. The van der Waals surface area contributed by atoms with Crippen LogP contribution in [0.4, 0.5) is 10.1 Å². The molecule has 40 heavy (non-hydrogen) atoms. The SMILES string of the molecule is O=C(CC[C@H]1C(=O)N(c2cc3cccccc-3c2)[C@@H]1c1ccccc1OCc1ccccc1)c1ccc(F)cc1. The highest BCUT2D eigenvalue weighted by Crippen LogP contribution is 2.49. The molecule has 4 nitrogen and oxygen atoms in total. The van der Waals surface area contributed by atoms with Crippen molar-refractivity contribution in [3.05, 3.63) is 144 Å². The Morgan fingerprint density at radius 2 is 1.40 bits per heavy atom. The number of ketones is 1. The van der Waals surface area contributed by atoms with Crippen molar-refractivity contribution >= 4 is 17.4 Å². The number of fused-ring (bicyclic) bond motifs is 1. The van der Waals surface area contributed by atoms with Crippen LogP contribution in [0.5, 0.6) is 5.75 Å². The molecule has 0 bridgehead atoms. The van der Waals surface area contributed by atoms with Crippen LogP contribution in [0.1, 0.15) is 40.4 Å². The van der Waals surface area contributed by atoms with Gasteiger partial charge >= 0.3 is 0 Å². The van der Waals surface area contributed by atoms with E-state index in [0.717, 1.165) is 27.9 Å². The minimum absolute atomic E-state index is 0.0190. The van der Waals surface area contributed by atoms with Crippen molar-refractivity contribution in [1.29, 1.82) is 0 Å². The Morgan fingerprint density at radius 1 is 0.775 bits per heavy atom. The molecule has 2 atom stereocenters. The Labute approximate surface area is 233 Å². The third kappa shape index (κ3) is 5.10. The fraction of sp³-hybridized carbons (Fsp3) is 0.143. The number of hydrogen-bond acceptors (Lipinski definition) is 3. The van der Waals surface area contributed by atoms with E-state index < -0.39 is 0 Å². The number of carbonyl (C=O) groups excluding carboxylic acids is 2. The summed E-state index contributed by atoms with van der Waals surface area (Å²) in [5.41, 5.74) is 5.34. The van der Waals surface area contributed by atoms with Crippen molar-refractivity contribution in [3.63, 3.8) is 0 Å². The van der Waals surface area contributed by atoms with Crippen molar-refractivity contribution in [2.24, 2.45) is 5.92 Å². The number of hydrogen-bond donors (Lipinski definition) is 0. The van der Waals surface area contributed by atoms with Gasteiger partial charge in [-0.15, -0.1) is 0 Å². The first-order valence-corrected chi connectivity index (χ1v) is 13.4. The van der Waals surface area contributed by atoms with Gasteiger partial charge in [0, 0.05) is 23.2 Å². The van der Waals surface area contributed by atoms with Gasteiger partial charge in [-0.2, -0.15) is 0 Å². The smallest absolute Gasteiger partial charge is 0.233 e. The number of ether oxygens (including phenoxy) is 1. The fourth-order valence-corrected chi connectivity index (χ4v) is 5.47. The Hall–Kier alpha value is -4.77. The van der Waals surface area contributed by atoms with Gasteiger partial charge in [-0.25, -0.2) is 4.39 Å². The summed E-state index contributed by atoms with van der Waals surface area (Å²) in [7, 11) is 0. The number of para-hydroxylation sites is 1. The molecule has 3 aromatic carbocycles. The monoisotopic (exact) mass is 529 g/mol. The van der Waals surface area contributed by atoms with E-state index in [1.165, 1.54) is 24.3 Å². The maximum absolute atomic E-state index is 13.7. The van der Waals surface area contributed by atoms with Gasteiger partial charge in [-0.05, 0) is 65.6 Å². The molecule has 198 valence electrons. The van der Waals surface area contributed by atoms with E-state index in [1.807, 2.05) is 102 Å². The van der Waals surface area contributed by atoms with Crippen molar-refractivity contribution in [2.45, 2.75) is 25.5 Å². The summed E-state index contributed by atoms with van der Waals surface area (Å²) in [6.07, 6.45) is 0.580. The number of rotatable bonds is 9. The third-order valence-corrected chi connectivity index (χ3v) is 7.53. The molecule has 0 aromatic heterocycles. The number of halogens is 1. The lowest BCUT2D eigenvalue weighted by Gasteiger charge is -2.47. The maximum Gasteiger partial charge on any atom is 0.233 e. The number of Topliss-reactive ketones (excluding diaryl/α,β-unsaturated/α-hetero) is 1. The molecule has 0 radical (unpaired) electrons. The van der Waals surface area contributed by atoms with E-state index in [2.05, 4.69) is 0 Å². The number of carbonyl (C=O) groups is 2. The predicted octanol–water partition coefficient (Wildman–Crippen LogP) is 7.88. The van der Waals surface area contributed by atoms with Crippen LogP contribution in [-0.2, 0) is 11.4 Å². The van der Waals surface area contributed by atoms with Gasteiger partial charge in [0.1, 0.15) is 18.2 Å². The number of nitrogens with zero attached hydrogens (tertiary/aromatic N) is 1. The first-order valence-electron chi connectivity index (χ1n) is 13.4. The topological polar surface area (TPSA) is 46.6 Å². The average Bonchev–Trinajstić information content (AvgIpc) is 3.24. The van der Waals surface area contributed by atoms with E-state index in [9.17, 15) is 14.0 Å². The predicted molar refractivity (Wildman–Crippen MR) is 154 cm³/mol. The molecule has 0 N–H and O–H groups in total. The minimum atomic E-state index is -0.389. The van der Waals surface area contributed by atoms with Gasteiger partial charge < -0.3 is 9.64 Å². The molecular formula is C35H28FNO3. The molecule has 1 fully saturated rings. The highest BCUT2D eigenvalue weighted by atomic mass is 19.1. The lowest BCUT2D eigenvalue weighted by Crippen LogP contribution is -2.55. The zero-order valence-electron chi connectivity index (χ0n) is 21.9. The molecule has 6 rings (SSSR count). The molecule has 3 aromatic rings. The lowest BCUT2D eigenvalue weighted by molar-refractivity contribution is -0.130. The van der Waals surface area contributed by atoms with E-state index in [4.69, 9.17) is 4.74 Å². The molecule has 1 heterocycles. The summed E-state index contributed by atoms with van der Waals surface area (Å²) in [5, 5.41) is 0. The molecule has 1 aliphatic heterocycles. The average molecular weight is 530 g/mol. The maximum atomic E-state index is 13.7. The summed E-state index contributed by atoms with van der Waals surface area (Å²) in [6, 6.07) is 37.1. The van der Waals surface area contributed by atoms with Gasteiger partial charge in [0.05, 0.1) is 12.0 Å². The van der Waals surface area contributed by atoms with Gasteiger partial charge in [-0.3, -0.25) is 9.59 Å². The molecule has 0 unspecified atom stereocenters. The van der Waals surface area contributed by atoms with Crippen LogP contribution in [0, 0.1) is 11.7 Å². The summed E-state index contributed by atoms with van der Waals surface area (Å²) in [6.45, 7) is 0.406. The first kappa shape index (κ1) is 25.5. The molecular weight excluding hydrogens is 501 g/mol. The third-order valence-electron chi connectivity index (χ3n) is 7.53. The number of amides is 1. The molecule has 0 spiro atoms. The number of benzene rings is 3. The van der Waals surface area contributed by atoms with E-state index >= 15 is 0 Å². The second kappa shape index (κ2) is 11.1. The first-order chi connectivity index (χ1) is 19.6. The van der Waals surface area contributed by atoms with E-state index in [1.54, 1.807) is 0 Å². The fourth-order valence-electron chi connectivity index (χ4n) is 5.47. The van der Waals surface area contributed by atoms with Gasteiger partial charge in [0.15, 0.2) is 5.78 Å². The largest absolute Gasteiger partial charge is 0.489 e. The van der Waals surface area contributed by atoms with Crippen LogP contribution in [0.25, 0.3) is 11.1 Å². The molecule has 1 saturated heterocycles. The standard InChI is InChI=1S/C35H28FNO3/c36-28-17-15-25(16-18-28)32(38)20-19-31-34(30-13-7-8-14-33(30)40-23-24-9-3-1-4-10-24)37(35(31)39)29-21-26-11-5-2-6-12-27(26)22-29/h1-18,21-22,31,34H,19-20,23H2/t31-,34-/m1/s1. The van der Waals surface area contributed by atoms with Crippen LogP contribution in [0.15, 0.2) is 121 Å². The van der Waals surface area contributed by atoms with Crippen LogP contribution in [0.2, 0.25) is 0 Å². The second-order valence-electron chi connectivity index (χ2n) is 10.1. The van der Waals surface area contributed by atoms with Crippen molar-refractivity contribution in [2.75, 3.05) is 4.90 Å².